The summed E-state index contributed by atoms with van der Waals surface area (Å²) in [5.41, 5.74) is 2.45. The molecule has 1 aliphatic carbocycles. The summed E-state index contributed by atoms with van der Waals surface area (Å²) in [7, 11) is 0. The zero-order valence-corrected chi connectivity index (χ0v) is 15.2. The van der Waals surface area contributed by atoms with Gasteiger partial charge in [0.2, 0.25) is 11.8 Å². The van der Waals surface area contributed by atoms with Gasteiger partial charge in [-0.3, -0.25) is 9.59 Å². The zero-order chi connectivity index (χ0) is 18.0. The van der Waals surface area contributed by atoms with E-state index < -0.39 is 0 Å². The Morgan fingerprint density at radius 3 is 2.24 bits per heavy atom. The average molecular weight is 377 g/mol. The molecule has 0 aliphatic heterocycles. The minimum absolute atomic E-state index is 0.133. The average Bonchev–Trinajstić information content (AvgIpc) is 3.39. The summed E-state index contributed by atoms with van der Waals surface area (Å²) in [5, 5.41) is 6.49. The Bertz CT molecular complexity index is 806. The smallest absolute Gasteiger partial charge is 0.228 e. The summed E-state index contributed by atoms with van der Waals surface area (Å²) in [5.74, 6) is -0.976. The van der Waals surface area contributed by atoms with Crippen molar-refractivity contribution in [3.05, 3.63) is 58.1 Å². The van der Waals surface area contributed by atoms with Crippen molar-refractivity contribution in [3.8, 4) is 0 Å². The summed E-state index contributed by atoms with van der Waals surface area (Å²) in [6.07, 6.45) is 1.49. The molecule has 3 rings (SSSR count). The van der Waals surface area contributed by atoms with Gasteiger partial charge in [-0.15, -0.1) is 0 Å². The van der Waals surface area contributed by atoms with Crippen molar-refractivity contribution in [3.63, 3.8) is 0 Å². The van der Waals surface area contributed by atoms with Gasteiger partial charge in [0, 0.05) is 10.7 Å². The lowest BCUT2D eigenvalue weighted by Crippen LogP contribution is -2.20. The molecule has 2 amide bonds. The minimum Gasteiger partial charge on any atom is -0.326 e. The quantitative estimate of drug-likeness (QED) is 0.789. The first-order chi connectivity index (χ1) is 12.0. The van der Waals surface area contributed by atoms with Crippen LogP contribution < -0.4 is 10.6 Å². The van der Waals surface area contributed by atoms with Crippen LogP contribution in [0.1, 0.15) is 18.9 Å². The largest absolute Gasteiger partial charge is 0.326 e. The molecule has 4 nitrogen and oxygen atoms in total. The second-order valence-corrected chi connectivity index (χ2v) is 6.95. The Balaban J connectivity index is 1.55. The molecule has 0 spiro atoms. The van der Waals surface area contributed by atoms with E-state index in [2.05, 4.69) is 17.6 Å². The van der Waals surface area contributed by atoms with E-state index in [1.54, 1.807) is 18.2 Å². The predicted octanol–water partition coefficient (Wildman–Crippen LogP) is 4.77. The summed E-state index contributed by atoms with van der Waals surface area (Å²) < 4.78 is 0. The number of anilines is 2. The molecule has 1 aliphatic rings. The first-order valence-corrected chi connectivity index (χ1v) is 8.89. The molecule has 0 aromatic heterocycles. The van der Waals surface area contributed by atoms with Gasteiger partial charge in [-0.1, -0.05) is 42.3 Å². The van der Waals surface area contributed by atoms with Crippen molar-refractivity contribution in [1.29, 1.82) is 0 Å². The van der Waals surface area contributed by atoms with Crippen molar-refractivity contribution in [2.24, 2.45) is 11.8 Å². The monoisotopic (exact) mass is 376 g/mol. The van der Waals surface area contributed by atoms with Gasteiger partial charge in [-0.2, -0.15) is 0 Å². The first kappa shape index (κ1) is 17.8. The second-order valence-electron chi connectivity index (χ2n) is 6.10. The van der Waals surface area contributed by atoms with Crippen LogP contribution in [-0.4, -0.2) is 11.8 Å². The van der Waals surface area contributed by atoms with Crippen LogP contribution in [0.25, 0.3) is 0 Å². The molecule has 25 heavy (non-hydrogen) atoms. The van der Waals surface area contributed by atoms with Crippen LogP contribution in [0.15, 0.2) is 42.5 Å². The Morgan fingerprint density at radius 2 is 1.64 bits per heavy atom. The van der Waals surface area contributed by atoms with E-state index in [0.717, 1.165) is 12.1 Å². The number of nitrogens with one attached hydrogen (secondary N) is 2. The van der Waals surface area contributed by atoms with E-state index >= 15 is 0 Å². The highest BCUT2D eigenvalue weighted by Crippen LogP contribution is 2.40. The standard InChI is InChI=1S/C19H18Cl2N2O2/c1-2-11-3-6-13(7-4-11)22-18(24)14-10-15(14)19(25)23-17-8-5-12(20)9-16(17)21/h3-9,14-15H,2,10H2,1H3,(H,22,24)(H,23,25). The number of halogens is 2. The fraction of sp³-hybridized carbons (Fsp3) is 0.263. The van der Waals surface area contributed by atoms with Gasteiger partial charge in [0.15, 0.2) is 0 Å². The molecule has 2 N–H and O–H groups in total. The maximum absolute atomic E-state index is 12.3. The number of carbonyl (C=O) groups is 2. The van der Waals surface area contributed by atoms with Crippen LogP contribution in [0, 0.1) is 11.8 Å². The molecule has 0 heterocycles. The van der Waals surface area contributed by atoms with Crippen molar-refractivity contribution in [2.45, 2.75) is 19.8 Å². The molecule has 1 fully saturated rings. The summed E-state index contributed by atoms with van der Waals surface area (Å²) in [6, 6.07) is 12.6. The lowest BCUT2D eigenvalue weighted by molar-refractivity contribution is -0.122. The Hall–Kier alpha value is -2.04. The van der Waals surface area contributed by atoms with Crippen molar-refractivity contribution >= 4 is 46.4 Å². The van der Waals surface area contributed by atoms with Crippen molar-refractivity contribution in [2.75, 3.05) is 10.6 Å². The number of amides is 2. The number of hydrogen-bond donors (Lipinski definition) is 2. The van der Waals surface area contributed by atoms with Gasteiger partial charge in [0.25, 0.3) is 0 Å². The molecule has 2 aromatic rings. The first-order valence-electron chi connectivity index (χ1n) is 8.13. The van der Waals surface area contributed by atoms with E-state index in [4.69, 9.17) is 23.2 Å². The van der Waals surface area contributed by atoms with E-state index in [0.29, 0.717) is 22.2 Å². The third-order valence-corrected chi connectivity index (χ3v) is 4.83. The summed E-state index contributed by atoms with van der Waals surface area (Å²) in [6.45, 7) is 2.08. The number of aryl methyl sites for hydroxylation is 1. The highest BCUT2D eigenvalue weighted by Gasteiger charge is 2.48. The van der Waals surface area contributed by atoms with E-state index in [1.807, 2.05) is 24.3 Å². The molecule has 2 unspecified atom stereocenters. The third-order valence-electron chi connectivity index (χ3n) is 4.28. The van der Waals surface area contributed by atoms with Crippen LogP contribution >= 0.6 is 23.2 Å². The number of benzene rings is 2. The molecule has 2 aromatic carbocycles. The second kappa shape index (κ2) is 7.46. The molecule has 1 saturated carbocycles. The van der Waals surface area contributed by atoms with Gasteiger partial charge in [0.05, 0.1) is 22.5 Å². The molecule has 130 valence electrons. The van der Waals surface area contributed by atoms with Crippen LogP contribution in [0.5, 0.6) is 0 Å². The van der Waals surface area contributed by atoms with E-state index in [-0.39, 0.29) is 23.7 Å². The highest BCUT2D eigenvalue weighted by molar-refractivity contribution is 6.36. The van der Waals surface area contributed by atoms with E-state index in [9.17, 15) is 9.59 Å². The fourth-order valence-electron chi connectivity index (χ4n) is 2.65. The minimum atomic E-state index is -0.332. The van der Waals surface area contributed by atoms with Crippen LogP contribution in [-0.2, 0) is 16.0 Å². The number of rotatable bonds is 5. The molecular weight excluding hydrogens is 359 g/mol. The Morgan fingerprint density at radius 1 is 1.00 bits per heavy atom. The van der Waals surface area contributed by atoms with Gasteiger partial charge < -0.3 is 10.6 Å². The Labute approximate surface area is 156 Å². The molecule has 0 radical (unpaired) electrons. The normalized spacial score (nSPS) is 18.5. The van der Waals surface area contributed by atoms with Gasteiger partial charge in [-0.25, -0.2) is 0 Å². The number of carbonyl (C=O) groups excluding carboxylic acids is 2. The topological polar surface area (TPSA) is 58.2 Å². The van der Waals surface area contributed by atoms with Crippen LogP contribution in [0.3, 0.4) is 0 Å². The zero-order valence-electron chi connectivity index (χ0n) is 13.7. The van der Waals surface area contributed by atoms with Crippen molar-refractivity contribution < 1.29 is 9.59 Å². The van der Waals surface area contributed by atoms with Gasteiger partial charge in [-0.05, 0) is 48.7 Å². The van der Waals surface area contributed by atoms with Crippen LogP contribution in [0.4, 0.5) is 11.4 Å². The lowest BCUT2D eigenvalue weighted by atomic mass is 10.1. The number of hydrogen-bond acceptors (Lipinski definition) is 2. The summed E-state index contributed by atoms with van der Waals surface area (Å²) in [4.78, 5) is 24.6. The SMILES string of the molecule is CCc1ccc(NC(=O)C2CC2C(=O)Nc2ccc(Cl)cc2Cl)cc1. The lowest BCUT2D eigenvalue weighted by Gasteiger charge is -2.08. The van der Waals surface area contributed by atoms with Crippen LogP contribution in [0.2, 0.25) is 10.0 Å². The molecule has 2 atom stereocenters. The summed E-state index contributed by atoms with van der Waals surface area (Å²) >= 11 is 11.9. The third kappa shape index (κ3) is 4.33. The Kier molecular flexibility index (Phi) is 5.30. The van der Waals surface area contributed by atoms with Gasteiger partial charge in [0.1, 0.15) is 0 Å². The molecular formula is C19H18Cl2N2O2. The maximum atomic E-state index is 12.3. The molecule has 6 heteroatoms. The molecule has 0 saturated heterocycles. The molecule has 0 bridgehead atoms. The maximum Gasteiger partial charge on any atom is 0.228 e. The van der Waals surface area contributed by atoms with E-state index in [1.165, 1.54) is 5.56 Å². The predicted molar refractivity (Wildman–Crippen MR) is 101 cm³/mol. The highest BCUT2D eigenvalue weighted by atomic mass is 35.5. The van der Waals surface area contributed by atoms with Gasteiger partial charge >= 0.3 is 0 Å². The fourth-order valence-corrected chi connectivity index (χ4v) is 3.11. The van der Waals surface area contributed by atoms with Crippen molar-refractivity contribution in [1.82, 2.24) is 0 Å².